The van der Waals surface area contributed by atoms with Gasteiger partial charge in [-0.15, -0.1) is 0 Å². The van der Waals surface area contributed by atoms with Crippen LogP contribution < -0.4 is 5.32 Å². The predicted molar refractivity (Wildman–Crippen MR) is 97.9 cm³/mol. The Hall–Kier alpha value is -2.76. The lowest BCUT2D eigenvalue weighted by molar-refractivity contribution is -0.132. The minimum atomic E-state index is -0.721. The molecule has 0 bridgehead atoms. The first-order valence-electron chi connectivity index (χ1n) is 8.95. The zero-order chi connectivity index (χ0) is 19.4. The minimum absolute atomic E-state index is 0.164. The molecule has 3 rings (SSSR count). The minimum Gasteiger partial charge on any atom is -0.351 e. The molecular weight excluding hydrogens is 350 g/mol. The number of carbonyl (C=O) groups is 2. The van der Waals surface area contributed by atoms with E-state index < -0.39 is 11.2 Å². The van der Waals surface area contributed by atoms with Crippen LogP contribution in [0.25, 0.3) is 0 Å². The second-order valence-corrected chi connectivity index (χ2v) is 7.21. The summed E-state index contributed by atoms with van der Waals surface area (Å²) in [4.78, 5) is 27.0. The van der Waals surface area contributed by atoms with E-state index in [2.05, 4.69) is 5.32 Å². The van der Waals surface area contributed by atoms with E-state index in [4.69, 9.17) is 0 Å². The fourth-order valence-corrected chi connectivity index (χ4v) is 3.42. The molecule has 1 aliphatic rings. The smallest absolute Gasteiger partial charge is 0.253 e. The molecule has 1 aliphatic heterocycles. The summed E-state index contributed by atoms with van der Waals surface area (Å²) < 4.78 is 26.3. The van der Waals surface area contributed by atoms with Crippen LogP contribution >= 0.6 is 0 Å². The van der Waals surface area contributed by atoms with Gasteiger partial charge in [-0.25, -0.2) is 8.78 Å². The van der Waals surface area contributed by atoms with Crippen molar-refractivity contribution in [3.63, 3.8) is 0 Å². The van der Waals surface area contributed by atoms with Crippen LogP contribution in [0.15, 0.2) is 48.5 Å². The maximum absolute atomic E-state index is 13.3. The molecule has 0 aromatic heterocycles. The van der Waals surface area contributed by atoms with Crippen molar-refractivity contribution in [1.82, 2.24) is 10.2 Å². The molecule has 1 N–H and O–H groups in total. The molecule has 0 radical (unpaired) electrons. The van der Waals surface area contributed by atoms with E-state index in [1.165, 1.54) is 36.4 Å². The maximum atomic E-state index is 13.3. The number of hydrogen-bond acceptors (Lipinski definition) is 2. The van der Waals surface area contributed by atoms with E-state index in [9.17, 15) is 18.4 Å². The SMILES string of the molecule is C[C@@]1(C(=O)NCc2cccc(F)c2)CCCN(C(=O)c2ccc(F)cc2)C1. The Morgan fingerprint density at radius 3 is 2.56 bits per heavy atom. The summed E-state index contributed by atoms with van der Waals surface area (Å²) in [5, 5.41) is 2.85. The summed E-state index contributed by atoms with van der Waals surface area (Å²) in [7, 11) is 0. The van der Waals surface area contributed by atoms with Gasteiger partial charge in [0.2, 0.25) is 5.91 Å². The van der Waals surface area contributed by atoms with Gasteiger partial charge in [0.1, 0.15) is 11.6 Å². The largest absolute Gasteiger partial charge is 0.351 e. The fraction of sp³-hybridized carbons (Fsp3) is 0.333. The van der Waals surface area contributed by atoms with Gasteiger partial charge >= 0.3 is 0 Å². The van der Waals surface area contributed by atoms with Crippen LogP contribution in [-0.4, -0.2) is 29.8 Å². The highest BCUT2D eigenvalue weighted by Crippen LogP contribution is 2.30. The molecule has 1 atom stereocenters. The molecule has 0 spiro atoms. The van der Waals surface area contributed by atoms with Crippen LogP contribution in [0.3, 0.4) is 0 Å². The summed E-state index contributed by atoms with van der Waals surface area (Å²) in [5.74, 6) is -1.12. The molecule has 0 unspecified atom stereocenters. The van der Waals surface area contributed by atoms with Crippen molar-refractivity contribution in [3.8, 4) is 0 Å². The van der Waals surface area contributed by atoms with E-state index in [1.54, 1.807) is 17.0 Å². The first-order chi connectivity index (χ1) is 12.9. The Bertz CT molecular complexity index is 838. The molecule has 1 saturated heterocycles. The van der Waals surface area contributed by atoms with Crippen LogP contribution in [-0.2, 0) is 11.3 Å². The van der Waals surface area contributed by atoms with Crippen molar-refractivity contribution in [2.75, 3.05) is 13.1 Å². The number of nitrogens with zero attached hydrogens (tertiary/aromatic N) is 1. The van der Waals surface area contributed by atoms with E-state index in [1.807, 2.05) is 6.92 Å². The predicted octanol–water partition coefficient (Wildman–Crippen LogP) is 3.52. The van der Waals surface area contributed by atoms with E-state index >= 15 is 0 Å². The van der Waals surface area contributed by atoms with Gasteiger partial charge in [-0.1, -0.05) is 12.1 Å². The fourth-order valence-electron chi connectivity index (χ4n) is 3.42. The molecule has 0 saturated carbocycles. The van der Waals surface area contributed by atoms with Gasteiger partial charge in [0, 0.05) is 25.2 Å². The van der Waals surface area contributed by atoms with Crippen molar-refractivity contribution in [2.45, 2.75) is 26.3 Å². The molecule has 2 amide bonds. The van der Waals surface area contributed by atoms with Crippen molar-refractivity contribution < 1.29 is 18.4 Å². The lowest BCUT2D eigenvalue weighted by atomic mass is 9.80. The monoisotopic (exact) mass is 372 g/mol. The summed E-state index contributed by atoms with van der Waals surface area (Å²) in [6.45, 7) is 2.91. The molecular formula is C21H22F2N2O2. The molecule has 6 heteroatoms. The Balaban J connectivity index is 1.65. The van der Waals surface area contributed by atoms with Crippen LogP contribution in [0.5, 0.6) is 0 Å². The zero-order valence-electron chi connectivity index (χ0n) is 15.2. The Labute approximate surface area is 157 Å². The van der Waals surface area contributed by atoms with Crippen LogP contribution in [0.2, 0.25) is 0 Å². The molecule has 2 aromatic carbocycles. The average Bonchev–Trinajstić information content (AvgIpc) is 2.66. The van der Waals surface area contributed by atoms with Gasteiger partial charge in [-0.3, -0.25) is 9.59 Å². The summed E-state index contributed by atoms with van der Waals surface area (Å²) >= 11 is 0. The molecule has 1 heterocycles. The van der Waals surface area contributed by atoms with Crippen molar-refractivity contribution in [2.24, 2.45) is 5.41 Å². The number of likely N-dealkylation sites (tertiary alicyclic amines) is 1. The van der Waals surface area contributed by atoms with Crippen LogP contribution in [0.4, 0.5) is 8.78 Å². The third-order valence-corrected chi connectivity index (χ3v) is 4.97. The number of halogens is 2. The molecule has 0 aliphatic carbocycles. The van der Waals surface area contributed by atoms with E-state index in [0.717, 1.165) is 0 Å². The second-order valence-electron chi connectivity index (χ2n) is 7.21. The maximum Gasteiger partial charge on any atom is 0.253 e. The third kappa shape index (κ3) is 4.51. The lowest BCUT2D eigenvalue weighted by Crippen LogP contribution is -2.51. The van der Waals surface area contributed by atoms with Crippen LogP contribution in [0.1, 0.15) is 35.7 Å². The van der Waals surface area contributed by atoms with Gasteiger partial charge in [0.15, 0.2) is 0 Å². The van der Waals surface area contributed by atoms with Gasteiger partial charge < -0.3 is 10.2 Å². The van der Waals surface area contributed by atoms with Gasteiger partial charge in [-0.05, 0) is 61.7 Å². The average molecular weight is 372 g/mol. The number of amides is 2. The molecule has 1 fully saturated rings. The first-order valence-corrected chi connectivity index (χ1v) is 8.95. The summed E-state index contributed by atoms with van der Waals surface area (Å²) in [6, 6.07) is 11.5. The van der Waals surface area contributed by atoms with E-state index in [-0.39, 0.29) is 30.7 Å². The third-order valence-electron chi connectivity index (χ3n) is 4.97. The highest BCUT2D eigenvalue weighted by atomic mass is 19.1. The van der Waals surface area contributed by atoms with Crippen molar-refractivity contribution >= 4 is 11.8 Å². The van der Waals surface area contributed by atoms with Gasteiger partial charge in [-0.2, -0.15) is 0 Å². The second kappa shape index (κ2) is 7.86. The number of nitrogens with one attached hydrogen (secondary N) is 1. The number of piperidine rings is 1. The number of rotatable bonds is 4. The summed E-state index contributed by atoms with van der Waals surface area (Å²) in [6.07, 6.45) is 1.37. The van der Waals surface area contributed by atoms with Crippen molar-refractivity contribution in [3.05, 3.63) is 71.3 Å². The topological polar surface area (TPSA) is 49.4 Å². The number of hydrogen-bond donors (Lipinski definition) is 1. The van der Waals surface area contributed by atoms with Crippen LogP contribution in [0, 0.1) is 17.0 Å². The highest BCUT2D eigenvalue weighted by Gasteiger charge is 2.39. The number of benzene rings is 2. The Morgan fingerprint density at radius 2 is 1.85 bits per heavy atom. The summed E-state index contributed by atoms with van der Waals surface area (Å²) in [5.41, 5.74) is 0.365. The first kappa shape index (κ1) is 19.0. The molecule has 4 nitrogen and oxygen atoms in total. The quantitative estimate of drug-likeness (QED) is 0.893. The standard InChI is InChI=1S/C21H22F2N2O2/c1-21(20(27)24-13-15-4-2-5-18(23)12-15)10-3-11-25(14-21)19(26)16-6-8-17(22)9-7-16/h2,4-9,12H,3,10-11,13-14H2,1H3,(H,24,27)/t21-/m1/s1. The highest BCUT2D eigenvalue weighted by molar-refractivity contribution is 5.95. The van der Waals surface area contributed by atoms with E-state index in [0.29, 0.717) is 30.5 Å². The number of carbonyl (C=O) groups excluding carboxylic acids is 2. The molecule has 27 heavy (non-hydrogen) atoms. The zero-order valence-corrected chi connectivity index (χ0v) is 15.2. The van der Waals surface area contributed by atoms with Gasteiger partial charge in [0.25, 0.3) is 5.91 Å². The Kier molecular flexibility index (Phi) is 5.54. The Morgan fingerprint density at radius 1 is 1.11 bits per heavy atom. The molecule has 2 aromatic rings. The van der Waals surface area contributed by atoms with Crippen molar-refractivity contribution in [1.29, 1.82) is 0 Å². The van der Waals surface area contributed by atoms with Gasteiger partial charge in [0.05, 0.1) is 5.41 Å². The molecule has 142 valence electrons. The lowest BCUT2D eigenvalue weighted by Gasteiger charge is -2.39. The normalized spacial score (nSPS) is 19.6.